The van der Waals surface area contributed by atoms with Crippen molar-refractivity contribution in [3.63, 3.8) is 0 Å². The topological polar surface area (TPSA) is 55.0 Å². The number of halogens is 3. The molecule has 0 bridgehead atoms. The van der Waals surface area contributed by atoms with Crippen LogP contribution >= 0.6 is 0 Å². The minimum absolute atomic E-state index is 0.209. The highest BCUT2D eigenvalue weighted by atomic mass is 19.4. The molecule has 0 saturated carbocycles. The summed E-state index contributed by atoms with van der Waals surface area (Å²) in [5, 5.41) is 0.767. The van der Waals surface area contributed by atoms with Crippen LogP contribution in [0, 0.1) is 0 Å². The van der Waals surface area contributed by atoms with Crippen LogP contribution in [0.1, 0.15) is 11.1 Å². The molecule has 0 radical (unpaired) electrons. The third kappa shape index (κ3) is 2.33. The van der Waals surface area contributed by atoms with Gasteiger partial charge in [0.15, 0.2) is 0 Å². The molecule has 3 aromatic rings. The number of benzene rings is 2. The van der Waals surface area contributed by atoms with Crippen molar-refractivity contribution < 1.29 is 17.9 Å². The molecule has 0 fully saturated rings. The summed E-state index contributed by atoms with van der Waals surface area (Å²) in [5.74, 6) is 0.209. The number of alkyl halides is 3. The predicted octanol–water partition coefficient (Wildman–Crippen LogP) is 3.54. The van der Waals surface area contributed by atoms with Crippen LogP contribution in [0.3, 0.4) is 0 Å². The van der Waals surface area contributed by atoms with Gasteiger partial charge in [-0.15, -0.1) is 0 Å². The Morgan fingerprint density at radius 1 is 1.12 bits per heavy atom. The van der Waals surface area contributed by atoms with Crippen molar-refractivity contribution in [3.05, 3.63) is 58.1 Å². The molecule has 122 valence electrons. The second-order valence-electron chi connectivity index (χ2n) is 5.55. The fourth-order valence-electron chi connectivity index (χ4n) is 3.02. The third-order valence-corrected chi connectivity index (χ3v) is 4.12. The van der Waals surface area contributed by atoms with Crippen LogP contribution < -0.4 is 10.4 Å². The standard InChI is InChI=1S/C17H11F3N2O2/c18-17(19,20)9-1-2-12-10-3-4-14-13(8-21-16(23)22-14)11(10)5-6-24-15(12)7-9/h1-4,7-8H,5-6H2,(H,21,22,23). The molecule has 0 saturated heterocycles. The van der Waals surface area contributed by atoms with Crippen molar-refractivity contribution in [3.8, 4) is 16.9 Å². The highest BCUT2D eigenvalue weighted by Crippen LogP contribution is 2.41. The van der Waals surface area contributed by atoms with E-state index in [9.17, 15) is 18.0 Å². The molecule has 7 heteroatoms. The Morgan fingerprint density at radius 2 is 1.92 bits per heavy atom. The van der Waals surface area contributed by atoms with Crippen molar-refractivity contribution in [1.29, 1.82) is 0 Å². The van der Waals surface area contributed by atoms with Crippen LogP contribution in [0.5, 0.6) is 5.75 Å². The lowest BCUT2D eigenvalue weighted by atomic mass is 9.94. The molecule has 0 unspecified atom stereocenters. The lowest BCUT2D eigenvalue weighted by Crippen LogP contribution is -2.09. The van der Waals surface area contributed by atoms with Gasteiger partial charge in [0.1, 0.15) is 5.75 Å². The van der Waals surface area contributed by atoms with E-state index in [4.69, 9.17) is 4.74 Å². The average molecular weight is 332 g/mol. The van der Waals surface area contributed by atoms with Gasteiger partial charge in [-0.25, -0.2) is 9.78 Å². The van der Waals surface area contributed by atoms with E-state index in [1.54, 1.807) is 12.1 Å². The van der Waals surface area contributed by atoms with Gasteiger partial charge in [-0.2, -0.15) is 13.2 Å². The molecule has 0 atom stereocenters. The Bertz CT molecular complexity index is 1010. The number of rotatable bonds is 0. The van der Waals surface area contributed by atoms with Gasteiger partial charge in [0.25, 0.3) is 0 Å². The highest BCUT2D eigenvalue weighted by molar-refractivity contribution is 5.90. The molecule has 4 nitrogen and oxygen atoms in total. The highest BCUT2D eigenvalue weighted by Gasteiger charge is 2.32. The van der Waals surface area contributed by atoms with Crippen LogP contribution in [-0.2, 0) is 12.6 Å². The van der Waals surface area contributed by atoms with Crippen LogP contribution in [0.4, 0.5) is 13.2 Å². The normalized spacial score (nSPS) is 13.8. The first-order valence-electron chi connectivity index (χ1n) is 7.29. The van der Waals surface area contributed by atoms with Crippen LogP contribution in [-0.4, -0.2) is 16.6 Å². The molecular formula is C17H11F3N2O2. The number of hydrogen-bond donors (Lipinski definition) is 1. The molecule has 0 aliphatic carbocycles. The Kier molecular flexibility index (Phi) is 3.13. The van der Waals surface area contributed by atoms with Gasteiger partial charge >= 0.3 is 11.9 Å². The minimum Gasteiger partial charge on any atom is -0.493 e. The first kappa shape index (κ1) is 14.7. The Morgan fingerprint density at radius 3 is 2.71 bits per heavy atom. The van der Waals surface area contributed by atoms with Gasteiger partial charge in [-0.3, -0.25) is 0 Å². The number of nitrogens with one attached hydrogen (secondary N) is 1. The summed E-state index contributed by atoms with van der Waals surface area (Å²) < 4.78 is 44.3. The number of aromatic amines is 1. The fourth-order valence-corrected chi connectivity index (χ4v) is 3.02. The van der Waals surface area contributed by atoms with Gasteiger partial charge in [0.2, 0.25) is 0 Å². The van der Waals surface area contributed by atoms with Crippen LogP contribution in [0.15, 0.2) is 41.3 Å². The smallest absolute Gasteiger partial charge is 0.416 e. The zero-order valence-electron chi connectivity index (χ0n) is 12.3. The number of hydrogen-bond acceptors (Lipinski definition) is 3. The van der Waals surface area contributed by atoms with E-state index >= 15 is 0 Å². The summed E-state index contributed by atoms with van der Waals surface area (Å²) in [7, 11) is 0. The van der Waals surface area contributed by atoms with Gasteiger partial charge in [0, 0.05) is 23.6 Å². The molecule has 0 spiro atoms. The first-order chi connectivity index (χ1) is 11.4. The lowest BCUT2D eigenvalue weighted by molar-refractivity contribution is -0.137. The molecule has 24 heavy (non-hydrogen) atoms. The molecule has 1 aliphatic rings. The number of H-pyrrole nitrogens is 1. The second kappa shape index (κ2) is 5.09. The molecular weight excluding hydrogens is 321 g/mol. The van der Waals surface area contributed by atoms with E-state index in [1.807, 2.05) is 0 Å². The van der Waals surface area contributed by atoms with Gasteiger partial charge in [-0.05, 0) is 29.3 Å². The Labute approximate surface area is 133 Å². The Balaban J connectivity index is 1.96. The van der Waals surface area contributed by atoms with E-state index < -0.39 is 17.4 Å². The van der Waals surface area contributed by atoms with Gasteiger partial charge in [-0.1, -0.05) is 12.1 Å². The predicted molar refractivity (Wildman–Crippen MR) is 82.0 cm³/mol. The summed E-state index contributed by atoms with van der Waals surface area (Å²) in [6.45, 7) is 0.250. The summed E-state index contributed by atoms with van der Waals surface area (Å²) in [4.78, 5) is 17.8. The van der Waals surface area contributed by atoms with E-state index in [0.29, 0.717) is 17.5 Å². The van der Waals surface area contributed by atoms with Crippen molar-refractivity contribution in [2.45, 2.75) is 12.6 Å². The van der Waals surface area contributed by atoms with Crippen LogP contribution in [0.25, 0.3) is 22.0 Å². The second-order valence-corrected chi connectivity index (χ2v) is 5.55. The molecule has 2 heterocycles. The lowest BCUT2D eigenvalue weighted by Gasteiger charge is -2.13. The maximum Gasteiger partial charge on any atom is 0.416 e. The summed E-state index contributed by atoms with van der Waals surface area (Å²) >= 11 is 0. The van der Waals surface area contributed by atoms with Crippen molar-refractivity contribution in [2.75, 3.05) is 6.61 Å². The Hall–Kier alpha value is -2.83. The fraction of sp³-hybridized carbons (Fsp3) is 0.176. The molecule has 0 amide bonds. The monoisotopic (exact) mass is 332 g/mol. The van der Waals surface area contributed by atoms with E-state index in [-0.39, 0.29) is 12.4 Å². The summed E-state index contributed by atoms with van der Waals surface area (Å²) in [6.07, 6.45) is -2.42. The number of nitrogens with zero attached hydrogens (tertiary/aromatic N) is 1. The largest absolute Gasteiger partial charge is 0.493 e. The molecule has 4 rings (SSSR count). The summed E-state index contributed by atoms with van der Waals surface area (Å²) in [5.41, 5.74) is 1.75. The van der Waals surface area contributed by atoms with E-state index in [1.165, 1.54) is 12.3 Å². The van der Waals surface area contributed by atoms with E-state index in [2.05, 4.69) is 9.97 Å². The maximum atomic E-state index is 12.9. The molecule has 2 aromatic carbocycles. The SMILES string of the molecule is O=c1ncc2c3c(ccc2[nH]1)-c1ccc(C(F)(F)F)cc1OCC3. The van der Waals surface area contributed by atoms with Gasteiger partial charge in [0.05, 0.1) is 17.7 Å². The van der Waals surface area contributed by atoms with E-state index in [0.717, 1.165) is 28.6 Å². The van der Waals surface area contributed by atoms with Crippen molar-refractivity contribution in [1.82, 2.24) is 9.97 Å². The third-order valence-electron chi connectivity index (χ3n) is 4.12. The quantitative estimate of drug-likeness (QED) is 0.685. The summed E-state index contributed by atoms with van der Waals surface area (Å²) in [6, 6.07) is 7.01. The maximum absolute atomic E-state index is 12.9. The van der Waals surface area contributed by atoms with Gasteiger partial charge < -0.3 is 9.72 Å². The zero-order chi connectivity index (χ0) is 16.9. The molecule has 1 N–H and O–H groups in total. The minimum atomic E-state index is -4.42. The van der Waals surface area contributed by atoms with Crippen molar-refractivity contribution in [2.24, 2.45) is 0 Å². The molecule has 1 aromatic heterocycles. The number of ether oxygens (including phenoxy) is 1. The van der Waals surface area contributed by atoms with Crippen LogP contribution in [0.2, 0.25) is 0 Å². The zero-order valence-corrected chi connectivity index (χ0v) is 12.3. The van der Waals surface area contributed by atoms with Crippen molar-refractivity contribution >= 4 is 10.9 Å². The first-order valence-corrected chi connectivity index (χ1v) is 7.29. The number of aromatic nitrogens is 2. The number of fused-ring (bicyclic) bond motifs is 5. The average Bonchev–Trinajstić information content (AvgIpc) is 2.72. The molecule has 1 aliphatic heterocycles.